The maximum absolute atomic E-state index is 11.8. The predicted molar refractivity (Wildman–Crippen MR) is 68.7 cm³/mol. The Morgan fingerprint density at radius 2 is 2.37 bits per heavy atom. The number of aromatic nitrogens is 1. The van der Waals surface area contributed by atoms with Crippen molar-refractivity contribution < 1.29 is 14.5 Å². The minimum Gasteiger partial charge on any atom is -0.384 e. The summed E-state index contributed by atoms with van der Waals surface area (Å²) in [6.07, 6.45) is 1.61. The highest BCUT2D eigenvalue weighted by Gasteiger charge is 2.20. The Hall–Kier alpha value is -2.22. The van der Waals surface area contributed by atoms with Crippen LogP contribution in [0.3, 0.4) is 0 Å². The summed E-state index contributed by atoms with van der Waals surface area (Å²) < 4.78 is 5.11. The standard InChI is InChI=1S/C11H16N4O4/c1-2-19-5-3-4-13-11(16)8-6-10(12)14-7-9(8)15(17)18/h6-7H,2-5H2,1H3,(H2,12,14)(H,13,16). The molecule has 0 aliphatic heterocycles. The number of hydrogen-bond donors (Lipinski definition) is 2. The number of hydrogen-bond acceptors (Lipinski definition) is 6. The highest BCUT2D eigenvalue weighted by atomic mass is 16.6. The van der Waals surface area contributed by atoms with Crippen molar-refractivity contribution in [1.82, 2.24) is 10.3 Å². The Labute approximate surface area is 110 Å². The molecule has 0 radical (unpaired) electrons. The van der Waals surface area contributed by atoms with Gasteiger partial charge >= 0.3 is 0 Å². The van der Waals surface area contributed by atoms with Crippen molar-refractivity contribution in [2.45, 2.75) is 13.3 Å². The third kappa shape index (κ3) is 4.51. The molecule has 19 heavy (non-hydrogen) atoms. The zero-order chi connectivity index (χ0) is 14.3. The van der Waals surface area contributed by atoms with E-state index in [4.69, 9.17) is 10.5 Å². The normalized spacial score (nSPS) is 10.2. The molecule has 8 heteroatoms. The molecule has 0 aliphatic carbocycles. The molecule has 0 bridgehead atoms. The summed E-state index contributed by atoms with van der Waals surface area (Å²) in [5.74, 6) is -0.484. The lowest BCUT2D eigenvalue weighted by molar-refractivity contribution is -0.385. The number of nitrogen functional groups attached to an aromatic ring is 1. The molecule has 0 atom stereocenters. The molecule has 1 heterocycles. The second-order valence-electron chi connectivity index (χ2n) is 3.69. The predicted octanol–water partition coefficient (Wildman–Crippen LogP) is 0.728. The Morgan fingerprint density at radius 1 is 1.63 bits per heavy atom. The van der Waals surface area contributed by atoms with Gasteiger partial charge in [-0.05, 0) is 19.4 Å². The zero-order valence-electron chi connectivity index (χ0n) is 10.6. The van der Waals surface area contributed by atoms with Crippen LogP contribution < -0.4 is 11.1 Å². The Balaban J connectivity index is 2.65. The molecule has 1 rings (SSSR count). The van der Waals surface area contributed by atoms with Crippen LogP contribution in [0.25, 0.3) is 0 Å². The van der Waals surface area contributed by atoms with Gasteiger partial charge in [0, 0.05) is 19.8 Å². The maximum Gasteiger partial charge on any atom is 0.300 e. The fourth-order valence-electron chi connectivity index (χ4n) is 1.41. The second-order valence-corrected chi connectivity index (χ2v) is 3.69. The molecular formula is C11H16N4O4. The topological polar surface area (TPSA) is 120 Å². The van der Waals surface area contributed by atoms with E-state index in [2.05, 4.69) is 10.3 Å². The summed E-state index contributed by atoms with van der Waals surface area (Å²) in [7, 11) is 0. The number of nitro groups is 1. The molecule has 8 nitrogen and oxygen atoms in total. The van der Waals surface area contributed by atoms with Gasteiger partial charge in [0.05, 0.1) is 4.92 Å². The minimum atomic E-state index is -0.665. The molecule has 3 N–H and O–H groups in total. The van der Waals surface area contributed by atoms with Gasteiger partial charge in [0.25, 0.3) is 11.6 Å². The van der Waals surface area contributed by atoms with Crippen LogP contribution >= 0.6 is 0 Å². The quantitative estimate of drug-likeness (QED) is 0.427. The van der Waals surface area contributed by atoms with Crippen LogP contribution in [0.4, 0.5) is 11.5 Å². The summed E-state index contributed by atoms with van der Waals surface area (Å²) in [6.45, 7) is 3.39. The number of nitrogens with two attached hydrogens (primary N) is 1. The lowest BCUT2D eigenvalue weighted by Crippen LogP contribution is -2.26. The van der Waals surface area contributed by atoms with Gasteiger partial charge < -0.3 is 15.8 Å². The summed E-state index contributed by atoms with van der Waals surface area (Å²) in [5.41, 5.74) is 4.97. The number of pyridine rings is 1. The van der Waals surface area contributed by atoms with Crippen molar-refractivity contribution in [2.75, 3.05) is 25.5 Å². The lowest BCUT2D eigenvalue weighted by Gasteiger charge is -2.06. The van der Waals surface area contributed by atoms with E-state index in [-0.39, 0.29) is 17.1 Å². The Morgan fingerprint density at radius 3 is 3.00 bits per heavy atom. The molecule has 1 aromatic heterocycles. The zero-order valence-corrected chi connectivity index (χ0v) is 10.6. The molecular weight excluding hydrogens is 252 g/mol. The van der Waals surface area contributed by atoms with Crippen LogP contribution in [0.2, 0.25) is 0 Å². The number of ether oxygens (including phenoxy) is 1. The first-order valence-corrected chi connectivity index (χ1v) is 5.82. The van der Waals surface area contributed by atoms with Gasteiger partial charge in [-0.1, -0.05) is 0 Å². The van der Waals surface area contributed by atoms with Crippen molar-refractivity contribution >= 4 is 17.4 Å². The summed E-state index contributed by atoms with van der Waals surface area (Å²) in [4.78, 5) is 25.5. The first-order chi connectivity index (χ1) is 9.06. The molecule has 1 amide bonds. The molecule has 0 saturated heterocycles. The Kier molecular flexibility index (Phi) is 5.68. The highest BCUT2D eigenvalue weighted by molar-refractivity contribution is 5.98. The molecule has 0 fully saturated rings. The molecule has 1 aromatic rings. The van der Waals surface area contributed by atoms with Crippen LogP contribution in [-0.4, -0.2) is 35.6 Å². The average Bonchev–Trinajstić information content (AvgIpc) is 2.37. The monoisotopic (exact) mass is 268 g/mol. The van der Waals surface area contributed by atoms with Crippen LogP contribution in [0.5, 0.6) is 0 Å². The van der Waals surface area contributed by atoms with E-state index in [1.54, 1.807) is 0 Å². The lowest BCUT2D eigenvalue weighted by atomic mass is 10.2. The van der Waals surface area contributed by atoms with E-state index in [9.17, 15) is 14.9 Å². The van der Waals surface area contributed by atoms with E-state index in [0.29, 0.717) is 26.2 Å². The first kappa shape index (κ1) is 14.8. The van der Waals surface area contributed by atoms with Crippen LogP contribution in [0, 0.1) is 10.1 Å². The van der Waals surface area contributed by atoms with Crippen LogP contribution in [0.1, 0.15) is 23.7 Å². The third-order valence-electron chi connectivity index (χ3n) is 2.30. The summed E-state index contributed by atoms with van der Waals surface area (Å²) in [5, 5.41) is 13.4. The van der Waals surface area contributed by atoms with E-state index < -0.39 is 10.8 Å². The van der Waals surface area contributed by atoms with Crippen molar-refractivity contribution in [2.24, 2.45) is 0 Å². The fraction of sp³-hybridized carbons (Fsp3) is 0.455. The molecule has 0 unspecified atom stereocenters. The number of rotatable bonds is 7. The molecule has 0 saturated carbocycles. The van der Waals surface area contributed by atoms with E-state index >= 15 is 0 Å². The van der Waals surface area contributed by atoms with Crippen LogP contribution in [0.15, 0.2) is 12.3 Å². The number of carbonyl (C=O) groups excluding carboxylic acids is 1. The van der Waals surface area contributed by atoms with Crippen molar-refractivity contribution in [3.63, 3.8) is 0 Å². The number of amides is 1. The first-order valence-electron chi connectivity index (χ1n) is 5.82. The second kappa shape index (κ2) is 7.27. The molecule has 104 valence electrons. The highest BCUT2D eigenvalue weighted by Crippen LogP contribution is 2.18. The van der Waals surface area contributed by atoms with Crippen molar-refractivity contribution in [3.8, 4) is 0 Å². The fourth-order valence-corrected chi connectivity index (χ4v) is 1.41. The van der Waals surface area contributed by atoms with Gasteiger partial charge in [-0.25, -0.2) is 4.98 Å². The average molecular weight is 268 g/mol. The van der Waals surface area contributed by atoms with Gasteiger partial charge in [-0.3, -0.25) is 14.9 Å². The smallest absolute Gasteiger partial charge is 0.300 e. The van der Waals surface area contributed by atoms with E-state index in [0.717, 1.165) is 6.20 Å². The largest absolute Gasteiger partial charge is 0.384 e. The summed E-state index contributed by atoms with van der Waals surface area (Å²) in [6, 6.07) is 1.19. The number of anilines is 1. The van der Waals surface area contributed by atoms with Gasteiger partial charge in [0.1, 0.15) is 17.6 Å². The van der Waals surface area contributed by atoms with Crippen LogP contribution in [-0.2, 0) is 4.74 Å². The third-order valence-corrected chi connectivity index (χ3v) is 2.30. The Bertz CT molecular complexity index is 464. The molecule has 0 aliphatic rings. The molecule has 0 aromatic carbocycles. The van der Waals surface area contributed by atoms with Gasteiger partial charge in [0.15, 0.2) is 0 Å². The maximum atomic E-state index is 11.8. The van der Waals surface area contributed by atoms with Crippen molar-refractivity contribution in [1.29, 1.82) is 0 Å². The molecule has 0 spiro atoms. The minimum absolute atomic E-state index is 0.0602. The van der Waals surface area contributed by atoms with Gasteiger partial charge in [0.2, 0.25) is 0 Å². The number of nitrogens with one attached hydrogen (secondary N) is 1. The van der Waals surface area contributed by atoms with Gasteiger partial charge in [-0.2, -0.15) is 0 Å². The SMILES string of the molecule is CCOCCCNC(=O)c1cc(N)ncc1[N+](=O)[O-]. The van der Waals surface area contributed by atoms with Crippen molar-refractivity contribution in [3.05, 3.63) is 27.9 Å². The van der Waals surface area contributed by atoms with Gasteiger partial charge in [-0.15, -0.1) is 0 Å². The number of carbonyl (C=O) groups is 1. The van der Waals surface area contributed by atoms with E-state index in [1.165, 1.54) is 6.07 Å². The summed E-state index contributed by atoms with van der Waals surface area (Å²) >= 11 is 0. The number of nitrogens with zero attached hydrogens (tertiary/aromatic N) is 2. The van der Waals surface area contributed by atoms with E-state index in [1.807, 2.05) is 6.92 Å².